The molecular formula is C12H11BrCl2N2O. The van der Waals surface area contributed by atoms with E-state index in [1.165, 1.54) is 0 Å². The van der Waals surface area contributed by atoms with Crippen LogP contribution in [0.3, 0.4) is 0 Å². The van der Waals surface area contributed by atoms with Gasteiger partial charge in [-0.15, -0.1) is 0 Å². The molecule has 0 bridgehead atoms. The molecule has 6 heteroatoms. The van der Waals surface area contributed by atoms with E-state index in [-0.39, 0.29) is 0 Å². The summed E-state index contributed by atoms with van der Waals surface area (Å²) in [5.41, 5.74) is 1.29. The van der Waals surface area contributed by atoms with E-state index >= 15 is 0 Å². The Morgan fingerprint density at radius 1 is 1.44 bits per heavy atom. The molecule has 0 saturated carbocycles. The van der Waals surface area contributed by atoms with E-state index in [4.69, 9.17) is 23.2 Å². The lowest BCUT2D eigenvalue weighted by Gasteiger charge is -2.15. The second-order valence-electron chi connectivity index (χ2n) is 3.76. The van der Waals surface area contributed by atoms with Gasteiger partial charge in [0.1, 0.15) is 6.10 Å². The van der Waals surface area contributed by atoms with Crippen LogP contribution in [0, 0.1) is 0 Å². The number of aliphatic hydroxyl groups is 1. The summed E-state index contributed by atoms with van der Waals surface area (Å²) in [4.78, 5) is 0. The lowest BCUT2D eigenvalue weighted by molar-refractivity contribution is 0.207. The summed E-state index contributed by atoms with van der Waals surface area (Å²) >= 11 is 15.3. The van der Waals surface area contributed by atoms with Gasteiger partial charge in [0, 0.05) is 22.2 Å². The van der Waals surface area contributed by atoms with Gasteiger partial charge >= 0.3 is 0 Å². The second-order valence-corrected chi connectivity index (χ2v) is 5.46. The third-order valence-electron chi connectivity index (χ3n) is 2.65. The van der Waals surface area contributed by atoms with E-state index in [0.717, 1.165) is 4.47 Å². The predicted molar refractivity (Wildman–Crippen MR) is 76.1 cm³/mol. The molecule has 0 spiro atoms. The summed E-state index contributed by atoms with van der Waals surface area (Å²) < 4.78 is 2.47. The highest BCUT2D eigenvalue weighted by molar-refractivity contribution is 9.10. The first-order valence-corrected chi connectivity index (χ1v) is 6.93. The van der Waals surface area contributed by atoms with Gasteiger partial charge in [-0.25, -0.2) is 0 Å². The Labute approximate surface area is 123 Å². The third kappa shape index (κ3) is 2.57. The van der Waals surface area contributed by atoms with Crippen molar-refractivity contribution in [2.45, 2.75) is 19.6 Å². The molecule has 1 aromatic heterocycles. The van der Waals surface area contributed by atoms with Crippen molar-refractivity contribution < 1.29 is 5.11 Å². The monoisotopic (exact) mass is 348 g/mol. The average molecular weight is 350 g/mol. The van der Waals surface area contributed by atoms with Crippen LogP contribution < -0.4 is 0 Å². The highest BCUT2D eigenvalue weighted by Gasteiger charge is 2.21. The molecule has 0 aliphatic heterocycles. The molecule has 1 heterocycles. The predicted octanol–water partition coefficient (Wildman–Crippen LogP) is 4.05. The van der Waals surface area contributed by atoms with E-state index in [1.807, 2.05) is 6.92 Å². The molecule has 0 aliphatic rings. The van der Waals surface area contributed by atoms with Crippen molar-refractivity contribution in [2.24, 2.45) is 0 Å². The van der Waals surface area contributed by atoms with Gasteiger partial charge in [-0.05, 0) is 35.0 Å². The van der Waals surface area contributed by atoms with Crippen LogP contribution in [0.15, 0.2) is 28.9 Å². The molecular weight excluding hydrogens is 339 g/mol. The topological polar surface area (TPSA) is 38.0 Å². The van der Waals surface area contributed by atoms with Crippen LogP contribution in [0.5, 0.6) is 0 Å². The van der Waals surface area contributed by atoms with E-state index in [1.54, 1.807) is 29.1 Å². The summed E-state index contributed by atoms with van der Waals surface area (Å²) in [6, 6.07) is 5.03. The van der Waals surface area contributed by atoms with Crippen molar-refractivity contribution in [1.82, 2.24) is 9.78 Å². The van der Waals surface area contributed by atoms with Gasteiger partial charge in [-0.3, -0.25) is 4.68 Å². The molecule has 2 aromatic rings. The number of benzene rings is 1. The molecule has 0 aliphatic carbocycles. The van der Waals surface area contributed by atoms with Gasteiger partial charge in [0.25, 0.3) is 0 Å². The molecule has 0 radical (unpaired) electrons. The number of aryl methyl sites for hydroxylation is 1. The maximum atomic E-state index is 10.4. The quantitative estimate of drug-likeness (QED) is 0.907. The molecule has 2 rings (SSSR count). The van der Waals surface area contributed by atoms with Crippen molar-refractivity contribution in [3.63, 3.8) is 0 Å². The molecule has 96 valence electrons. The van der Waals surface area contributed by atoms with Gasteiger partial charge in [-0.1, -0.05) is 29.3 Å². The van der Waals surface area contributed by atoms with Crippen molar-refractivity contribution in [1.29, 1.82) is 0 Å². The Balaban J connectivity index is 2.47. The Bertz CT molecular complexity index is 571. The molecule has 0 saturated heterocycles. The Morgan fingerprint density at radius 2 is 2.17 bits per heavy atom. The van der Waals surface area contributed by atoms with Gasteiger partial charge in [0.2, 0.25) is 0 Å². The standard InChI is InChI=1S/C12H11BrCl2N2O/c1-2-17-11(9(13)6-16-17)12(18)8-4-3-7(14)5-10(8)15/h3-6,12,18H,2H2,1H3. The number of halogens is 3. The minimum Gasteiger partial charge on any atom is -0.382 e. The normalized spacial score (nSPS) is 12.7. The molecule has 1 N–H and O–H groups in total. The number of aromatic nitrogens is 2. The van der Waals surface area contributed by atoms with Gasteiger partial charge < -0.3 is 5.11 Å². The van der Waals surface area contributed by atoms with E-state index < -0.39 is 6.10 Å². The van der Waals surface area contributed by atoms with Crippen LogP contribution in [0.1, 0.15) is 24.3 Å². The van der Waals surface area contributed by atoms with E-state index in [9.17, 15) is 5.11 Å². The van der Waals surface area contributed by atoms with Crippen LogP contribution in [0.25, 0.3) is 0 Å². The largest absolute Gasteiger partial charge is 0.382 e. The van der Waals surface area contributed by atoms with Crippen LogP contribution in [0.2, 0.25) is 10.0 Å². The van der Waals surface area contributed by atoms with E-state index in [0.29, 0.717) is 27.8 Å². The smallest absolute Gasteiger partial charge is 0.123 e. The lowest BCUT2D eigenvalue weighted by atomic mass is 10.1. The van der Waals surface area contributed by atoms with Crippen LogP contribution in [-0.4, -0.2) is 14.9 Å². The summed E-state index contributed by atoms with van der Waals surface area (Å²) in [5.74, 6) is 0. The Kier molecular flexibility index (Phi) is 4.33. The molecule has 1 atom stereocenters. The molecule has 1 unspecified atom stereocenters. The van der Waals surface area contributed by atoms with Crippen LogP contribution in [0.4, 0.5) is 0 Å². The van der Waals surface area contributed by atoms with Crippen LogP contribution in [-0.2, 0) is 6.54 Å². The first kappa shape index (κ1) is 13.9. The number of hydrogen-bond acceptors (Lipinski definition) is 2. The molecule has 0 fully saturated rings. The Morgan fingerprint density at radius 3 is 2.78 bits per heavy atom. The minimum absolute atomic E-state index is 0.436. The zero-order valence-corrected chi connectivity index (χ0v) is 12.7. The molecule has 0 amide bonds. The van der Waals surface area contributed by atoms with Crippen molar-refractivity contribution in [3.8, 4) is 0 Å². The van der Waals surface area contributed by atoms with Crippen molar-refractivity contribution in [2.75, 3.05) is 0 Å². The van der Waals surface area contributed by atoms with Crippen molar-refractivity contribution in [3.05, 3.63) is 50.2 Å². The zero-order chi connectivity index (χ0) is 13.3. The van der Waals surface area contributed by atoms with Crippen LogP contribution >= 0.6 is 39.1 Å². The van der Waals surface area contributed by atoms with E-state index in [2.05, 4.69) is 21.0 Å². The molecule has 3 nitrogen and oxygen atoms in total. The number of aliphatic hydroxyl groups excluding tert-OH is 1. The van der Waals surface area contributed by atoms with Crippen molar-refractivity contribution >= 4 is 39.1 Å². The summed E-state index contributed by atoms with van der Waals surface area (Å²) in [7, 11) is 0. The Hall–Kier alpha value is -0.550. The second kappa shape index (κ2) is 5.61. The third-order valence-corrected chi connectivity index (χ3v) is 3.82. The number of rotatable bonds is 3. The fourth-order valence-corrected chi connectivity index (χ4v) is 2.79. The highest BCUT2D eigenvalue weighted by atomic mass is 79.9. The zero-order valence-electron chi connectivity index (χ0n) is 9.57. The minimum atomic E-state index is -0.841. The summed E-state index contributed by atoms with van der Waals surface area (Å²) in [6.45, 7) is 2.63. The maximum absolute atomic E-state index is 10.4. The van der Waals surface area contributed by atoms with Gasteiger partial charge in [-0.2, -0.15) is 5.10 Å². The fraction of sp³-hybridized carbons (Fsp3) is 0.250. The average Bonchev–Trinajstić information content (AvgIpc) is 2.69. The van der Waals surface area contributed by atoms with Gasteiger partial charge in [0.05, 0.1) is 16.4 Å². The van der Waals surface area contributed by atoms with Gasteiger partial charge in [0.15, 0.2) is 0 Å². The maximum Gasteiger partial charge on any atom is 0.123 e. The fourth-order valence-electron chi connectivity index (χ4n) is 1.77. The first-order valence-electron chi connectivity index (χ1n) is 5.38. The number of nitrogens with zero attached hydrogens (tertiary/aromatic N) is 2. The summed E-state index contributed by atoms with van der Waals surface area (Å²) in [5, 5.41) is 15.6. The summed E-state index contributed by atoms with van der Waals surface area (Å²) in [6.07, 6.45) is 0.817. The molecule has 1 aromatic carbocycles. The first-order chi connectivity index (χ1) is 8.54. The molecule has 18 heavy (non-hydrogen) atoms. The number of hydrogen-bond donors (Lipinski definition) is 1. The highest BCUT2D eigenvalue weighted by Crippen LogP contribution is 2.33. The SMILES string of the molecule is CCn1ncc(Br)c1C(O)c1ccc(Cl)cc1Cl. The lowest BCUT2D eigenvalue weighted by Crippen LogP contribution is -2.10.